The van der Waals surface area contributed by atoms with Crippen molar-refractivity contribution in [2.24, 2.45) is 23.5 Å². The minimum absolute atomic E-state index is 0.282. The first kappa shape index (κ1) is 14.8. The zero-order valence-electron chi connectivity index (χ0n) is 12.6. The first-order valence-corrected chi connectivity index (χ1v) is 8.14. The van der Waals surface area contributed by atoms with Crippen molar-refractivity contribution in [3.63, 3.8) is 0 Å². The molecular formula is C16H30N2O. The lowest BCUT2D eigenvalue weighted by molar-refractivity contribution is -0.138. The Morgan fingerprint density at radius 1 is 1.26 bits per heavy atom. The van der Waals surface area contributed by atoms with E-state index in [4.69, 9.17) is 5.73 Å². The first-order valence-electron chi connectivity index (χ1n) is 8.14. The second kappa shape index (κ2) is 6.74. The van der Waals surface area contributed by atoms with Crippen LogP contribution in [-0.2, 0) is 4.79 Å². The lowest BCUT2D eigenvalue weighted by atomic mass is 9.79. The van der Waals surface area contributed by atoms with Crippen LogP contribution in [0.25, 0.3) is 0 Å². The van der Waals surface area contributed by atoms with Crippen molar-refractivity contribution >= 4 is 5.91 Å². The summed E-state index contributed by atoms with van der Waals surface area (Å²) in [5.41, 5.74) is 5.67. The zero-order valence-corrected chi connectivity index (χ0v) is 12.6. The van der Waals surface area contributed by atoms with Gasteiger partial charge in [0.25, 0.3) is 0 Å². The van der Waals surface area contributed by atoms with Gasteiger partial charge in [-0.1, -0.05) is 26.7 Å². The predicted octanol–water partition coefficient (Wildman–Crippen LogP) is 2.79. The molecule has 1 amide bonds. The van der Waals surface area contributed by atoms with Crippen molar-refractivity contribution in [1.82, 2.24) is 4.90 Å². The van der Waals surface area contributed by atoms with E-state index in [0.717, 1.165) is 32.4 Å². The predicted molar refractivity (Wildman–Crippen MR) is 78.7 cm³/mol. The van der Waals surface area contributed by atoms with Gasteiger partial charge in [-0.05, 0) is 50.5 Å². The van der Waals surface area contributed by atoms with Crippen LogP contribution < -0.4 is 5.73 Å². The van der Waals surface area contributed by atoms with Gasteiger partial charge in [-0.3, -0.25) is 4.79 Å². The molecule has 110 valence electrons. The van der Waals surface area contributed by atoms with Gasteiger partial charge in [-0.15, -0.1) is 0 Å². The lowest BCUT2D eigenvalue weighted by Crippen LogP contribution is -2.43. The lowest BCUT2D eigenvalue weighted by Gasteiger charge is -2.34. The monoisotopic (exact) mass is 266 g/mol. The number of nitrogens with zero attached hydrogens (tertiary/aromatic N) is 1. The summed E-state index contributed by atoms with van der Waals surface area (Å²) in [6, 6.07) is 0.488. The molecule has 1 aliphatic heterocycles. The number of likely N-dealkylation sites (tertiary alicyclic amines) is 1. The largest absolute Gasteiger partial charge is 0.339 e. The van der Waals surface area contributed by atoms with Crippen LogP contribution in [0.1, 0.15) is 58.8 Å². The zero-order chi connectivity index (χ0) is 13.8. The summed E-state index contributed by atoms with van der Waals surface area (Å²) in [5, 5.41) is 0. The van der Waals surface area contributed by atoms with Gasteiger partial charge < -0.3 is 10.6 Å². The summed E-state index contributed by atoms with van der Waals surface area (Å²) >= 11 is 0. The third kappa shape index (κ3) is 3.50. The summed E-state index contributed by atoms with van der Waals surface area (Å²) in [4.78, 5) is 15.0. The minimum Gasteiger partial charge on any atom is -0.339 e. The van der Waals surface area contributed by atoms with Crippen molar-refractivity contribution < 1.29 is 4.79 Å². The van der Waals surface area contributed by atoms with E-state index in [-0.39, 0.29) is 5.92 Å². The second-order valence-electron chi connectivity index (χ2n) is 6.79. The maximum absolute atomic E-state index is 12.8. The third-order valence-electron chi connectivity index (χ3n) is 5.06. The summed E-state index contributed by atoms with van der Waals surface area (Å²) in [6.45, 7) is 6.24. The fourth-order valence-corrected chi connectivity index (χ4v) is 4.01. The van der Waals surface area contributed by atoms with Crippen molar-refractivity contribution in [2.75, 3.05) is 13.1 Å². The van der Waals surface area contributed by atoms with E-state index in [1.165, 1.54) is 25.7 Å². The highest BCUT2D eigenvalue weighted by atomic mass is 16.2. The molecule has 1 heterocycles. The van der Waals surface area contributed by atoms with Crippen LogP contribution in [0.3, 0.4) is 0 Å². The molecule has 3 heteroatoms. The number of nitrogens with two attached hydrogens (primary N) is 1. The van der Waals surface area contributed by atoms with Crippen molar-refractivity contribution in [2.45, 2.75) is 64.8 Å². The normalized spacial score (nSPS) is 32.0. The fourth-order valence-electron chi connectivity index (χ4n) is 4.01. The van der Waals surface area contributed by atoms with E-state index >= 15 is 0 Å². The highest BCUT2D eigenvalue weighted by Crippen LogP contribution is 2.34. The molecule has 0 aromatic carbocycles. The number of carbonyl (C=O) groups is 1. The molecule has 0 bridgehead atoms. The van der Waals surface area contributed by atoms with Crippen LogP contribution in [0.4, 0.5) is 0 Å². The Balaban J connectivity index is 1.95. The molecule has 3 unspecified atom stereocenters. The molecule has 0 aromatic heterocycles. The Kier molecular flexibility index (Phi) is 5.26. The van der Waals surface area contributed by atoms with Crippen LogP contribution in [0.5, 0.6) is 0 Å². The van der Waals surface area contributed by atoms with Crippen LogP contribution >= 0.6 is 0 Å². The van der Waals surface area contributed by atoms with Gasteiger partial charge in [0, 0.05) is 18.5 Å². The second-order valence-corrected chi connectivity index (χ2v) is 6.79. The van der Waals surface area contributed by atoms with Crippen molar-refractivity contribution in [3.8, 4) is 0 Å². The molecule has 3 nitrogen and oxygen atoms in total. The third-order valence-corrected chi connectivity index (χ3v) is 5.06. The molecule has 0 radical (unpaired) electrons. The summed E-state index contributed by atoms with van der Waals surface area (Å²) in [5.74, 6) is 2.00. The summed E-state index contributed by atoms with van der Waals surface area (Å²) < 4.78 is 0. The van der Waals surface area contributed by atoms with E-state index in [0.29, 0.717) is 23.8 Å². The molecule has 1 saturated carbocycles. The molecule has 0 aromatic rings. The standard InChI is InChI=1S/C16H30N2O/c1-12(2)15-7-4-10-18(15)16(19)14-6-3-5-13(11-14)8-9-17/h12-15H,3-11,17H2,1-2H3. The summed E-state index contributed by atoms with van der Waals surface area (Å²) in [6.07, 6.45) is 8.14. The van der Waals surface area contributed by atoms with Crippen molar-refractivity contribution in [3.05, 3.63) is 0 Å². The van der Waals surface area contributed by atoms with Gasteiger partial charge in [0.1, 0.15) is 0 Å². The van der Waals surface area contributed by atoms with Gasteiger partial charge in [-0.25, -0.2) is 0 Å². The van der Waals surface area contributed by atoms with Gasteiger partial charge in [-0.2, -0.15) is 0 Å². The number of rotatable bonds is 4. The SMILES string of the molecule is CC(C)C1CCCN1C(=O)C1CCCC(CCN)C1. The van der Waals surface area contributed by atoms with Crippen molar-refractivity contribution in [1.29, 1.82) is 0 Å². The summed E-state index contributed by atoms with van der Waals surface area (Å²) in [7, 11) is 0. The van der Waals surface area contributed by atoms with Gasteiger partial charge >= 0.3 is 0 Å². The van der Waals surface area contributed by atoms with Crippen LogP contribution in [-0.4, -0.2) is 29.9 Å². The molecule has 19 heavy (non-hydrogen) atoms. The topological polar surface area (TPSA) is 46.3 Å². The highest BCUT2D eigenvalue weighted by Gasteiger charge is 2.36. The van der Waals surface area contributed by atoms with E-state index in [1.807, 2.05) is 0 Å². The Bertz CT molecular complexity index is 301. The minimum atomic E-state index is 0.282. The Morgan fingerprint density at radius 2 is 2.05 bits per heavy atom. The average Bonchev–Trinajstić information content (AvgIpc) is 2.88. The van der Waals surface area contributed by atoms with Gasteiger partial charge in [0.15, 0.2) is 0 Å². The average molecular weight is 266 g/mol. The molecule has 2 rings (SSSR count). The number of hydrogen-bond donors (Lipinski definition) is 1. The first-order chi connectivity index (χ1) is 9.13. The van der Waals surface area contributed by atoms with E-state index in [1.54, 1.807) is 0 Å². The Hall–Kier alpha value is -0.570. The maximum atomic E-state index is 12.8. The molecule has 0 spiro atoms. The Morgan fingerprint density at radius 3 is 2.74 bits per heavy atom. The van der Waals surface area contributed by atoms with Crippen LogP contribution in [0, 0.1) is 17.8 Å². The van der Waals surface area contributed by atoms with Gasteiger partial charge in [0.05, 0.1) is 0 Å². The number of amides is 1. The Labute approximate surface area is 117 Å². The fraction of sp³-hybridized carbons (Fsp3) is 0.938. The van der Waals surface area contributed by atoms with E-state index in [9.17, 15) is 4.79 Å². The molecule has 2 fully saturated rings. The molecule has 3 atom stereocenters. The van der Waals surface area contributed by atoms with E-state index in [2.05, 4.69) is 18.7 Å². The molecule has 2 aliphatic rings. The molecular weight excluding hydrogens is 236 g/mol. The molecule has 1 aliphatic carbocycles. The van der Waals surface area contributed by atoms with Crippen LogP contribution in [0.15, 0.2) is 0 Å². The maximum Gasteiger partial charge on any atom is 0.225 e. The smallest absolute Gasteiger partial charge is 0.225 e. The molecule has 2 N–H and O–H groups in total. The highest BCUT2D eigenvalue weighted by molar-refractivity contribution is 5.79. The van der Waals surface area contributed by atoms with E-state index < -0.39 is 0 Å². The number of hydrogen-bond acceptors (Lipinski definition) is 2. The van der Waals surface area contributed by atoms with Crippen LogP contribution in [0.2, 0.25) is 0 Å². The number of carbonyl (C=O) groups excluding carboxylic acids is 1. The van der Waals surface area contributed by atoms with Gasteiger partial charge in [0.2, 0.25) is 5.91 Å². The molecule has 1 saturated heterocycles. The quantitative estimate of drug-likeness (QED) is 0.850.